The Morgan fingerprint density at radius 2 is 1.90 bits per heavy atom. The summed E-state index contributed by atoms with van der Waals surface area (Å²) in [6, 6.07) is 6.29. The molecule has 1 aromatic heterocycles. The fourth-order valence-electron chi connectivity index (χ4n) is 3.11. The number of likely N-dealkylation sites (N-methyl/N-ethyl adjacent to an activating group) is 1. The minimum atomic E-state index is -0.513. The third kappa shape index (κ3) is 5.46. The van der Waals surface area contributed by atoms with Gasteiger partial charge in [0.25, 0.3) is 17.4 Å². The standard InChI is InChI=1S/C21H27ClN4O3/c1-6-23-19(27)16-8-7-15(11-17(16)22)24-20(28)18-13(2)9-10-26(21(18)29)14(3)12-25(4)5/h7-11,14H,6,12H2,1-5H3,(H,23,27)(H,24,28). The highest BCUT2D eigenvalue weighted by Gasteiger charge is 2.19. The van der Waals surface area contributed by atoms with Crippen molar-refractivity contribution in [3.8, 4) is 0 Å². The van der Waals surface area contributed by atoms with Crippen molar-refractivity contribution >= 4 is 29.1 Å². The molecule has 2 rings (SSSR count). The number of amides is 2. The predicted octanol–water partition coefficient (Wildman–Crippen LogP) is 2.93. The Hall–Kier alpha value is -2.64. The summed E-state index contributed by atoms with van der Waals surface area (Å²) in [6.45, 7) is 6.62. The molecule has 0 bridgehead atoms. The SMILES string of the molecule is CCNC(=O)c1ccc(NC(=O)c2c(C)ccn(C(C)CN(C)C)c2=O)cc1Cl. The minimum absolute atomic E-state index is 0.0852. The van der Waals surface area contributed by atoms with Crippen LogP contribution in [0.1, 0.15) is 46.2 Å². The second-order valence-corrected chi connectivity index (χ2v) is 7.61. The molecule has 0 aliphatic rings. The fraction of sp³-hybridized carbons (Fsp3) is 0.381. The number of nitrogens with one attached hydrogen (secondary N) is 2. The number of benzene rings is 1. The molecule has 1 heterocycles. The van der Waals surface area contributed by atoms with Gasteiger partial charge in [0, 0.05) is 31.0 Å². The molecule has 0 saturated heterocycles. The Balaban J connectivity index is 2.30. The van der Waals surface area contributed by atoms with Gasteiger partial charge in [0.1, 0.15) is 5.56 Å². The van der Waals surface area contributed by atoms with E-state index < -0.39 is 5.91 Å². The van der Waals surface area contributed by atoms with Crippen molar-refractivity contribution in [2.24, 2.45) is 0 Å². The summed E-state index contributed by atoms with van der Waals surface area (Å²) in [5, 5.41) is 5.60. The average molecular weight is 419 g/mol. The molecule has 0 radical (unpaired) electrons. The van der Waals surface area contributed by atoms with E-state index in [-0.39, 0.29) is 28.1 Å². The highest BCUT2D eigenvalue weighted by atomic mass is 35.5. The Bertz CT molecular complexity index is 969. The van der Waals surface area contributed by atoms with Crippen LogP contribution in [0.4, 0.5) is 5.69 Å². The number of carbonyl (C=O) groups is 2. The molecule has 0 fully saturated rings. The van der Waals surface area contributed by atoms with Gasteiger partial charge in [-0.05, 0) is 64.7 Å². The normalized spacial score (nSPS) is 12.0. The van der Waals surface area contributed by atoms with Crippen LogP contribution in [-0.4, -0.2) is 48.5 Å². The summed E-state index contributed by atoms with van der Waals surface area (Å²) < 4.78 is 1.56. The number of nitrogens with zero attached hydrogens (tertiary/aromatic N) is 2. The van der Waals surface area contributed by atoms with Crippen molar-refractivity contribution < 1.29 is 9.59 Å². The van der Waals surface area contributed by atoms with Crippen molar-refractivity contribution in [3.05, 3.63) is 62.5 Å². The molecular weight excluding hydrogens is 392 g/mol. The van der Waals surface area contributed by atoms with Crippen molar-refractivity contribution in [2.45, 2.75) is 26.8 Å². The van der Waals surface area contributed by atoms with Crippen LogP contribution in [0, 0.1) is 6.92 Å². The first-order valence-corrected chi connectivity index (χ1v) is 9.79. The van der Waals surface area contributed by atoms with Crippen LogP contribution in [0.2, 0.25) is 5.02 Å². The van der Waals surface area contributed by atoms with E-state index >= 15 is 0 Å². The van der Waals surface area contributed by atoms with E-state index in [0.717, 1.165) is 0 Å². The minimum Gasteiger partial charge on any atom is -0.352 e. The predicted molar refractivity (Wildman–Crippen MR) is 116 cm³/mol. The van der Waals surface area contributed by atoms with E-state index in [9.17, 15) is 14.4 Å². The van der Waals surface area contributed by atoms with Crippen molar-refractivity contribution in [1.29, 1.82) is 0 Å². The molecule has 8 heteroatoms. The third-order valence-corrected chi connectivity index (χ3v) is 4.78. The molecule has 0 aliphatic carbocycles. The van der Waals surface area contributed by atoms with Gasteiger partial charge in [-0.2, -0.15) is 0 Å². The first kappa shape index (κ1) is 22.6. The number of anilines is 1. The van der Waals surface area contributed by atoms with Crippen LogP contribution >= 0.6 is 11.6 Å². The number of rotatable bonds is 7. The van der Waals surface area contributed by atoms with E-state index in [1.807, 2.05) is 32.8 Å². The van der Waals surface area contributed by atoms with Gasteiger partial charge >= 0.3 is 0 Å². The monoisotopic (exact) mass is 418 g/mol. The van der Waals surface area contributed by atoms with E-state index in [0.29, 0.717) is 29.9 Å². The summed E-state index contributed by atoms with van der Waals surface area (Å²) in [5.41, 5.74) is 1.06. The number of halogens is 1. The Labute approximate surface area is 175 Å². The molecule has 1 atom stereocenters. The molecule has 156 valence electrons. The molecule has 2 N–H and O–H groups in total. The largest absolute Gasteiger partial charge is 0.352 e. The van der Waals surface area contributed by atoms with E-state index in [2.05, 4.69) is 10.6 Å². The zero-order valence-corrected chi connectivity index (χ0v) is 18.1. The van der Waals surface area contributed by atoms with Crippen molar-refractivity contribution in [2.75, 3.05) is 32.5 Å². The van der Waals surface area contributed by atoms with Gasteiger partial charge in [-0.15, -0.1) is 0 Å². The van der Waals surface area contributed by atoms with Crippen molar-refractivity contribution in [1.82, 2.24) is 14.8 Å². The average Bonchev–Trinajstić information content (AvgIpc) is 2.61. The van der Waals surface area contributed by atoms with Crippen LogP contribution in [0.5, 0.6) is 0 Å². The lowest BCUT2D eigenvalue weighted by Crippen LogP contribution is -2.34. The van der Waals surface area contributed by atoms with E-state index in [1.54, 1.807) is 29.8 Å². The maximum Gasteiger partial charge on any atom is 0.263 e. The highest BCUT2D eigenvalue weighted by molar-refractivity contribution is 6.34. The highest BCUT2D eigenvalue weighted by Crippen LogP contribution is 2.21. The Kier molecular flexibility index (Phi) is 7.59. The van der Waals surface area contributed by atoms with Gasteiger partial charge in [-0.25, -0.2) is 0 Å². The molecule has 29 heavy (non-hydrogen) atoms. The smallest absolute Gasteiger partial charge is 0.263 e. The topological polar surface area (TPSA) is 83.4 Å². The molecule has 1 aromatic carbocycles. The number of carbonyl (C=O) groups excluding carboxylic acids is 2. The molecule has 0 saturated carbocycles. The van der Waals surface area contributed by atoms with Crippen LogP contribution in [0.25, 0.3) is 0 Å². The zero-order chi connectivity index (χ0) is 21.7. The third-order valence-electron chi connectivity index (χ3n) is 4.47. The molecular formula is C21H27ClN4O3. The lowest BCUT2D eigenvalue weighted by Gasteiger charge is -2.20. The molecule has 2 aromatic rings. The van der Waals surface area contributed by atoms with Crippen LogP contribution in [0.15, 0.2) is 35.3 Å². The second-order valence-electron chi connectivity index (χ2n) is 7.21. The number of hydrogen-bond donors (Lipinski definition) is 2. The molecule has 0 spiro atoms. The maximum absolute atomic E-state index is 12.9. The lowest BCUT2D eigenvalue weighted by molar-refractivity contribution is 0.0955. The summed E-state index contributed by atoms with van der Waals surface area (Å²) in [6.07, 6.45) is 1.71. The number of aromatic nitrogens is 1. The first-order chi connectivity index (χ1) is 13.6. The summed E-state index contributed by atoms with van der Waals surface area (Å²) in [7, 11) is 3.86. The lowest BCUT2D eigenvalue weighted by atomic mass is 10.1. The van der Waals surface area contributed by atoms with Gasteiger partial charge in [0.15, 0.2) is 0 Å². The molecule has 2 amide bonds. The van der Waals surface area contributed by atoms with Gasteiger partial charge in [-0.3, -0.25) is 14.4 Å². The summed E-state index contributed by atoms with van der Waals surface area (Å²) >= 11 is 6.18. The fourth-order valence-corrected chi connectivity index (χ4v) is 3.37. The first-order valence-electron chi connectivity index (χ1n) is 9.41. The quantitative estimate of drug-likeness (QED) is 0.724. The van der Waals surface area contributed by atoms with Crippen LogP contribution in [0.3, 0.4) is 0 Å². The van der Waals surface area contributed by atoms with E-state index in [1.165, 1.54) is 12.1 Å². The van der Waals surface area contributed by atoms with Crippen molar-refractivity contribution in [3.63, 3.8) is 0 Å². The molecule has 0 aliphatic heterocycles. The van der Waals surface area contributed by atoms with Gasteiger partial charge in [0.2, 0.25) is 0 Å². The van der Waals surface area contributed by atoms with Crippen LogP contribution < -0.4 is 16.2 Å². The Morgan fingerprint density at radius 3 is 2.48 bits per heavy atom. The van der Waals surface area contributed by atoms with Crippen LogP contribution in [-0.2, 0) is 0 Å². The maximum atomic E-state index is 12.9. The number of aryl methyl sites for hydroxylation is 1. The molecule has 1 unspecified atom stereocenters. The van der Waals surface area contributed by atoms with Gasteiger partial charge in [-0.1, -0.05) is 11.6 Å². The van der Waals surface area contributed by atoms with Gasteiger partial charge < -0.3 is 20.1 Å². The Morgan fingerprint density at radius 1 is 1.21 bits per heavy atom. The van der Waals surface area contributed by atoms with E-state index in [4.69, 9.17) is 11.6 Å². The molecule has 7 nitrogen and oxygen atoms in total. The number of pyridine rings is 1. The number of hydrogen-bond acceptors (Lipinski definition) is 4. The van der Waals surface area contributed by atoms with Gasteiger partial charge in [0.05, 0.1) is 10.6 Å². The zero-order valence-electron chi connectivity index (χ0n) is 17.4. The summed E-state index contributed by atoms with van der Waals surface area (Å²) in [4.78, 5) is 39.7. The summed E-state index contributed by atoms with van der Waals surface area (Å²) in [5.74, 6) is -0.798. The second kappa shape index (κ2) is 9.71.